The summed E-state index contributed by atoms with van der Waals surface area (Å²) in [5, 5.41) is 9.92. The van der Waals surface area contributed by atoms with E-state index in [9.17, 15) is 0 Å². The lowest BCUT2D eigenvalue weighted by molar-refractivity contribution is 0.597. The van der Waals surface area contributed by atoms with Gasteiger partial charge in [0, 0.05) is 42.0 Å². The smallest absolute Gasteiger partial charge is 0.0880 e. The number of aromatic nitrogens is 1. The zero-order valence-corrected chi connectivity index (χ0v) is 19.8. The van der Waals surface area contributed by atoms with Crippen LogP contribution < -0.4 is 0 Å². The molecule has 0 saturated heterocycles. The highest BCUT2D eigenvalue weighted by molar-refractivity contribution is 7.26. The highest BCUT2D eigenvalue weighted by atomic mass is 32.1. The fraction of sp³-hybridized carbons (Fsp3) is 0.192. The first-order valence-corrected chi connectivity index (χ1v) is 12.7. The maximum atomic E-state index is 4.89. The van der Waals surface area contributed by atoms with Crippen molar-refractivity contribution >= 4 is 74.4 Å². The first kappa shape index (κ1) is 18.5. The zero-order valence-electron chi connectivity index (χ0n) is 17.4. The lowest BCUT2D eigenvalue weighted by Crippen LogP contribution is -2.11. The number of rotatable bonds is 1. The van der Waals surface area contributed by atoms with Crippen LogP contribution in [0.25, 0.3) is 51.6 Å². The van der Waals surface area contributed by atoms with Gasteiger partial charge in [-0.05, 0) is 76.0 Å². The van der Waals surface area contributed by atoms with Gasteiger partial charge in [-0.2, -0.15) is 0 Å². The minimum absolute atomic E-state index is 0.0904. The van der Waals surface area contributed by atoms with Gasteiger partial charge in [-0.25, -0.2) is 0 Å². The van der Waals surface area contributed by atoms with E-state index in [-0.39, 0.29) is 5.41 Å². The number of fused-ring (bicyclic) bond motifs is 6. The number of thiophene rings is 3. The predicted molar refractivity (Wildman–Crippen MR) is 137 cm³/mol. The second-order valence-electron chi connectivity index (χ2n) is 8.98. The van der Waals surface area contributed by atoms with E-state index in [0.717, 1.165) is 5.69 Å². The number of pyridine rings is 1. The van der Waals surface area contributed by atoms with E-state index < -0.39 is 0 Å². The van der Waals surface area contributed by atoms with Crippen LogP contribution in [0.3, 0.4) is 0 Å². The summed E-state index contributed by atoms with van der Waals surface area (Å²) < 4.78 is 5.40. The van der Waals surface area contributed by atoms with Crippen LogP contribution in [0.2, 0.25) is 0 Å². The quantitative estimate of drug-likeness (QED) is 0.247. The van der Waals surface area contributed by atoms with Crippen molar-refractivity contribution in [3.05, 3.63) is 64.5 Å². The molecular formula is C26H21NS3. The highest BCUT2D eigenvalue weighted by Gasteiger charge is 2.21. The van der Waals surface area contributed by atoms with Crippen molar-refractivity contribution in [2.75, 3.05) is 0 Å². The lowest BCUT2D eigenvalue weighted by Gasteiger charge is -2.21. The van der Waals surface area contributed by atoms with Crippen molar-refractivity contribution in [3.63, 3.8) is 0 Å². The standard InChI is InChI=1S/C26H21NS3/c1-14-13-29-19-5-6-20-22(21(14)19)17-7-9-27-23(25(17)30-20)16-11-15-8-10-28-24(15)18(12-16)26(2,3)4/h5-13H,1-4H3. The minimum Gasteiger partial charge on any atom is -0.255 e. The van der Waals surface area contributed by atoms with Crippen LogP contribution in [0, 0.1) is 6.92 Å². The fourth-order valence-corrected chi connectivity index (χ4v) is 7.73. The summed E-state index contributed by atoms with van der Waals surface area (Å²) in [7, 11) is 0. The molecule has 0 aliphatic heterocycles. The van der Waals surface area contributed by atoms with Gasteiger partial charge in [0.1, 0.15) is 0 Å². The summed E-state index contributed by atoms with van der Waals surface area (Å²) in [6.07, 6.45) is 1.99. The van der Waals surface area contributed by atoms with E-state index in [1.54, 1.807) is 0 Å². The molecule has 30 heavy (non-hydrogen) atoms. The van der Waals surface area contributed by atoms with Crippen LogP contribution in [0.4, 0.5) is 0 Å². The number of benzene rings is 2. The maximum Gasteiger partial charge on any atom is 0.0880 e. The summed E-state index contributed by atoms with van der Waals surface area (Å²) >= 11 is 5.55. The molecule has 0 spiro atoms. The van der Waals surface area contributed by atoms with E-state index in [2.05, 4.69) is 74.9 Å². The molecule has 0 radical (unpaired) electrons. The Kier molecular flexibility index (Phi) is 3.92. The van der Waals surface area contributed by atoms with Crippen molar-refractivity contribution in [2.24, 2.45) is 0 Å². The summed E-state index contributed by atoms with van der Waals surface area (Å²) in [5.74, 6) is 0. The minimum atomic E-state index is 0.0904. The molecule has 0 atom stereocenters. The molecule has 6 rings (SSSR count). The maximum absolute atomic E-state index is 4.89. The van der Waals surface area contributed by atoms with Crippen molar-refractivity contribution in [1.82, 2.24) is 4.98 Å². The number of nitrogens with zero attached hydrogens (tertiary/aromatic N) is 1. The third-order valence-corrected chi connectivity index (χ3v) is 9.11. The average molecular weight is 444 g/mol. The Bertz CT molecular complexity index is 1590. The van der Waals surface area contributed by atoms with Crippen LogP contribution >= 0.6 is 34.0 Å². The van der Waals surface area contributed by atoms with Crippen LogP contribution in [0.1, 0.15) is 31.9 Å². The molecule has 0 aliphatic rings. The molecule has 4 heteroatoms. The summed E-state index contributed by atoms with van der Waals surface area (Å²) in [6, 6.07) is 13.7. The van der Waals surface area contributed by atoms with Gasteiger partial charge in [0.25, 0.3) is 0 Å². The van der Waals surface area contributed by atoms with Gasteiger partial charge in [0.2, 0.25) is 0 Å². The molecule has 0 unspecified atom stereocenters. The van der Waals surface area contributed by atoms with Crippen molar-refractivity contribution in [3.8, 4) is 11.3 Å². The van der Waals surface area contributed by atoms with Gasteiger partial charge < -0.3 is 0 Å². The molecular weight excluding hydrogens is 422 g/mol. The highest BCUT2D eigenvalue weighted by Crippen LogP contribution is 2.45. The third-order valence-electron chi connectivity index (χ3n) is 5.90. The molecule has 0 amide bonds. The Morgan fingerprint density at radius 3 is 2.53 bits per heavy atom. The van der Waals surface area contributed by atoms with Crippen LogP contribution in [0.15, 0.2) is 53.4 Å². The first-order valence-electron chi connectivity index (χ1n) is 10.1. The SMILES string of the molecule is Cc1csc2ccc3sc4c(-c5cc(C(C)(C)C)c6sccc6c5)nccc4c3c12. The van der Waals surface area contributed by atoms with Crippen molar-refractivity contribution in [2.45, 2.75) is 33.1 Å². The summed E-state index contributed by atoms with van der Waals surface area (Å²) in [4.78, 5) is 4.89. The molecule has 0 N–H and O–H groups in total. The first-order chi connectivity index (χ1) is 14.4. The summed E-state index contributed by atoms with van der Waals surface area (Å²) in [6.45, 7) is 9.13. The Labute approximate surface area is 187 Å². The molecule has 0 bridgehead atoms. The number of aryl methyl sites for hydroxylation is 1. The Balaban J connectivity index is 1.72. The normalized spacial score (nSPS) is 12.7. The van der Waals surface area contributed by atoms with Gasteiger partial charge in [-0.1, -0.05) is 20.8 Å². The largest absolute Gasteiger partial charge is 0.255 e. The zero-order chi connectivity index (χ0) is 20.6. The lowest BCUT2D eigenvalue weighted by atomic mass is 9.85. The van der Waals surface area contributed by atoms with Crippen molar-refractivity contribution < 1.29 is 0 Å². The monoisotopic (exact) mass is 443 g/mol. The van der Waals surface area contributed by atoms with Gasteiger partial charge in [0.15, 0.2) is 0 Å². The summed E-state index contributed by atoms with van der Waals surface area (Å²) in [5.41, 5.74) is 5.19. The second-order valence-corrected chi connectivity index (χ2v) is 11.9. The van der Waals surface area contributed by atoms with Gasteiger partial charge in [-0.15, -0.1) is 34.0 Å². The topological polar surface area (TPSA) is 12.9 Å². The third kappa shape index (κ3) is 2.60. The second kappa shape index (κ2) is 6.36. The molecule has 0 aliphatic carbocycles. The Morgan fingerprint density at radius 2 is 1.70 bits per heavy atom. The number of hydrogen-bond acceptors (Lipinski definition) is 4. The molecule has 1 nitrogen and oxygen atoms in total. The van der Waals surface area contributed by atoms with E-state index in [0.29, 0.717) is 0 Å². The molecule has 148 valence electrons. The predicted octanol–water partition coefficient (Wildman–Crippen LogP) is 9.15. The molecule has 4 heterocycles. The molecule has 2 aromatic carbocycles. The van der Waals surface area contributed by atoms with E-state index >= 15 is 0 Å². The van der Waals surface area contributed by atoms with Crippen LogP contribution in [-0.2, 0) is 5.41 Å². The Hall–Kier alpha value is -2.27. The van der Waals surface area contributed by atoms with E-state index in [4.69, 9.17) is 4.98 Å². The molecule has 0 fully saturated rings. The van der Waals surface area contributed by atoms with Crippen LogP contribution in [0.5, 0.6) is 0 Å². The molecule has 6 aromatic rings. The fourth-order valence-electron chi connectivity index (χ4n) is 4.46. The number of hydrogen-bond donors (Lipinski definition) is 0. The Morgan fingerprint density at radius 1 is 0.867 bits per heavy atom. The van der Waals surface area contributed by atoms with Gasteiger partial charge in [-0.3, -0.25) is 4.98 Å². The average Bonchev–Trinajstić information content (AvgIpc) is 3.42. The molecule has 4 aromatic heterocycles. The van der Waals surface area contributed by atoms with Gasteiger partial charge >= 0.3 is 0 Å². The van der Waals surface area contributed by atoms with Gasteiger partial charge in [0.05, 0.1) is 10.4 Å². The van der Waals surface area contributed by atoms with E-state index in [1.807, 2.05) is 40.2 Å². The van der Waals surface area contributed by atoms with E-state index in [1.165, 1.54) is 57.0 Å². The van der Waals surface area contributed by atoms with Crippen molar-refractivity contribution in [1.29, 1.82) is 0 Å². The van der Waals surface area contributed by atoms with Crippen LogP contribution in [-0.4, -0.2) is 4.98 Å². The molecule has 0 saturated carbocycles.